The summed E-state index contributed by atoms with van der Waals surface area (Å²) in [6, 6.07) is 19.9. The Morgan fingerprint density at radius 1 is 0.914 bits per heavy atom. The summed E-state index contributed by atoms with van der Waals surface area (Å²) in [6.07, 6.45) is 0. The van der Waals surface area contributed by atoms with Crippen molar-refractivity contribution in [1.82, 2.24) is 10.1 Å². The van der Waals surface area contributed by atoms with Crippen molar-refractivity contribution in [2.45, 2.75) is 13.8 Å². The summed E-state index contributed by atoms with van der Waals surface area (Å²) < 4.78 is 11.6. The van der Waals surface area contributed by atoms with Crippen molar-refractivity contribution >= 4 is 5.78 Å². The standard InChI is InChI=1S/C28H28N2O5/c1-3-30(4-2)16-17-34-24-7-5-6-21(18-24)27(33)25-26(19-8-12-22(31)13-9-19)29-35-28(25)20-10-14-23(32)15-11-20/h5-15,18,31-32H,3-4,16-17H2,1-2H3. The van der Waals surface area contributed by atoms with Gasteiger partial charge in [-0.2, -0.15) is 0 Å². The van der Waals surface area contributed by atoms with E-state index in [1.807, 2.05) is 6.07 Å². The van der Waals surface area contributed by atoms with Gasteiger partial charge in [-0.1, -0.05) is 31.1 Å². The van der Waals surface area contributed by atoms with Crippen LogP contribution in [0.15, 0.2) is 77.3 Å². The maximum Gasteiger partial charge on any atom is 0.199 e. The van der Waals surface area contributed by atoms with E-state index in [1.165, 1.54) is 24.3 Å². The van der Waals surface area contributed by atoms with E-state index in [1.54, 1.807) is 42.5 Å². The van der Waals surface area contributed by atoms with E-state index in [0.29, 0.717) is 46.1 Å². The molecule has 7 nitrogen and oxygen atoms in total. The zero-order chi connectivity index (χ0) is 24.8. The molecular formula is C28H28N2O5. The number of benzene rings is 3. The first-order valence-corrected chi connectivity index (χ1v) is 11.6. The highest BCUT2D eigenvalue weighted by atomic mass is 16.5. The van der Waals surface area contributed by atoms with Gasteiger partial charge in [0.05, 0.1) is 5.56 Å². The van der Waals surface area contributed by atoms with Gasteiger partial charge in [-0.15, -0.1) is 0 Å². The second-order valence-corrected chi connectivity index (χ2v) is 8.06. The lowest BCUT2D eigenvalue weighted by atomic mass is 9.95. The summed E-state index contributed by atoms with van der Waals surface area (Å²) in [5.41, 5.74) is 2.34. The molecule has 0 aliphatic heterocycles. The van der Waals surface area contributed by atoms with Gasteiger partial charge in [0.15, 0.2) is 11.5 Å². The van der Waals surface area contributed by atoms with Gasteiger partial charge in [0.25, 0.3) is 0 Å². The summed E-state index contributed by atoms with van der Waals surface area (Å²) in [4.78, 5) is 16.1. The Hall–Kier alpha value is -4.10. The summed E-state index contributed by atoms with van der Waals surface area (Å²) >= 11 is 0. The van der Waals surface area contributed by atoms with Crippen LogP contribution in [0.4, 0.5) is 0 Å². The molecule has 1 heterocycles. The fourth-order valence-electron chi connectivity index (χ4n) is 3.83. The molecule has 0 aliphatic rings. The molecule has 1 aromatic heterocycles. The lowest BCUT2D eigenvalue weighted by molar-refractivity contribution is 0.103. The number of carbonyl (C=O) groups excluding carboxylic acids is 1. The topological polar surface area (TPSA) is 96.0 Å². The average molecular weight is 473 g/mol. The molecule has 0 spiro atoms. The fourth-order valence-corrected chi connectivity index (χ4v) is 3.83. The van der Waals surface area contributed by atoms with Gasteiger partial charge < -0.3 is 24.4 Å². The van der Waals surface area contributed by atoms with Crippen molar-refractivity contribution in [2.75, 3.05) is 26.2 Å². The lowest BCUT2D eigenvalue weighted by Gasteiger charge is -2.18. The number of phenols is 2. The zero-order valence-electron chi connectivity index (χ0n) is 19.8. The number of aromatic nitrogens is 1. The molecule has 0 amide bonds. The Morgan fingerprint density at radius 2 is 1.54 bits per heavy atom. The van der Waals surface area contributed by atoms with E-state index in [9.17, 15) is 15.0 Å². The fraction of sp³-hybridized carbons (Fsp3) is 0.214. The van der Waals surface area contributed by atoms with Crippen molar-refractivity contribution in [2.24, 2.45) is 0 Å². The summed E-state index contributed by atoms with van der Waals surface area (Å²) in [5, 5.41) is 23.6. The molecule has 0 unspecified atom stereocenters. The van der Waals surface area contributed by atoms with E-state index in [-0.39, 0.29) is 17.3 Å². The Labute approximate surface area is 204 Å². The third-order valence-electron chi connectivity index (χ3n) is 5.86. The van der Waals surface area contributed by atoms with Crippen molar-refractivity contribution in [3.63, 3.8) is 0 Å². The number of phenolic OH excluding ortho intramolecular Hbond substituents is 2. The van der Waals surface area contributed by atoms with Crippen molar-refractivity contribution < 1.29 is 24.3 Å². The highest BCUT2D eigenvalue weighted by Crippen LogP contribution is 2.35. The molecule has 4 aromatic rings. The summed E-state index contributed by atoms with van der Waals surface area (Å²) in [5.74, 6) is 0.849. The second-order valence-electron chi connectivity index (χ2n) is 8.06. The number of ketones is 1. The first-order chi connectivity index (χ1) is 17.0. The molecule has 2 N–H and O–H groups in total. The van der Waals surface area contributed by atoms with Crippen LogP contribution in [0.25, 0.3) is 22.6 Å². The lowest BCUT2D eigenvalue weighted by Crippen LogP contribution is -2.27. The molecular weight excluding hydrogens is 444 g/mol. The maximum absolute atomic E-state index is 13.8. The molecule has 7 heteroatoms. The van der Waals surface area contributed by atoms with Crippen molar-refractivity contribution in [1.29, 1.82) is 0 Å². The number of ether oxygens (including phenoxy) is 1. The monoisotopic (exact) mass is 472 g/mol. The van der Waals surface area contributed by atoms with Crippen LogP contribution in [0.1, 0.15) is 29.8 Å². The van der Waals surface area contributed by atoms with Crippen LogP contribution in [0, 0.1) is 0 Å². The highest BCUT2D eigenvalue weighted by molar-refractivity contribution is 6.15. The molecule has 0 radical (unpaired) electrons. The molecule has 4 rings (SSSR count). The number of rotatable bonds is 10. The third-order valence-corrected chi connectivity index (χ3v) is 5.86. The summed E-state index contributed by atoms with van der Waals surface area (Å²) in [7, 11) is 0. The minimum Gasteiger partial charge on any atom is -0.508 e. The third kappa shape index (κ3) is 5.53. The zero-order valence-corrected chi connectivity index (χ0v) is 19.8. The first kappa shape index (κ1) is 24.0. The van der Waals surface area contributed by atoms with Crippen LogP contribution in [0.3, 0.4) is 0 Å². The van der Waals surface area contributed by atoms with Crippen LogP contribution in [-0.2, 0) is 0 Å². The van der Waals surface area contributed by atoms with Gasteiger partial charge in [0.2, 0.25) is 0 Å². The Balaban J connectivity index is 1.69. The minimum atomic E-state index is -0.272. The van der Waals surface area contributed by atoms with Crippen LogP contribution in [0.5, 0.6) is 17.2 Å². The van der Waals surface area contributed by atoms with Gasteiger partial charge in [0.1, 0.15) is 29.5 Å². The largest absolute Gasteiger partial charge is 0.508 e. The molecule has 0 bridgehead atoms. The van der Waals surface area contributed by atoms with Gasteiger partial charge >= 0.3 is 0 Å². The quantitative estimate of drug-likeness (QED) is 0.300. The van der Waals surface area contributed by atoms with Crippen LogP contribution < -0.4 is 4.74 Å². The Bertz CT molecular complexity index is 1210. The smallest absolute Gasteiger partial charge is 0.199 e. The SMILES string of the molecule is CCN(CC)CCOc1cccc(C(=O)c2c(-c3ccc(O)cc3)noc2-c2ccc(O)cc2)c1. The van der Waals surface area contributed by atoms with Gasteiger partial charge in [-0.25, -0.2) is 0 Å². The number of carbonyl (C=O) groups is 1. The van der Waals surface area contributed by atoms with E-state index < -0.39 is 0 Å². The van der Waals surface area contributed by atoms with E-state index in [0.717, 1.165) is 19.6 Å². The molecule has 0 atom stereocenters. The minimum absolute atomic E-state index is 0.106. The van der Waals surface area contributed by atoms with Crippen molar-refractivity contribution in [3.05, 3.63) is 83.9 Å². The molecule has 0 fully saturated rings. The van der Waals surface area contributed by atoms with Crippen LogP contribution in [-0.4, -0.2) is 52.3 Å². The number of likely N-dealkylation sites (N-methyl/N-ethyl adjacent to an activating group) is 1. The number of aromatic hydroxyl groups is 2. The maximum atomic E-state index is 13.8. The molecule has 0 saturated carbocycles. The number of hydrogen-bond donors (Lipinski definition) is 2. The molecule has 3 aromatic carbocycles. The van der Waals surface area contributed by atoms with E-state index in [4.69, 9.17) is 9.26 Å². The second kappa shape index (κ2) is 10.9. The normalized spacial score (nSPS) is 11.1. The van der Waals surface area contributed by atoms with Crippen molar-refractivity contribution in [3.8, 4) is 39.8 Å². The number of nitrogens with zero attached hydrogens (tertiary/aromatic N) is 2. The highest BCUT2D eigenvalue weighted by Gasteiger charge is 2.26. The van der Waals surface area contributed by atoms with Crippen LogP contribution >= 0.6 is 0 Å². The molecule has 35 heavy (non-hydrogen) atoms. The van der Waals surface area contributed by atoms with Gasteiger partial charge in [0, 0.05) is 23.2 Å². The average Bonchev–Trinajstić information content (AvgIpc) is 3.32. The predicted molar refractivity (Wildman–Crippen MR) is 134 cm³/mol. The van der Waals surface area contributed by atoms with Gasteiger partial charge in [-0.05, 0) is 73.8 Å². The van der Waals surface area contributed by atoms with Crippen LogP contribution in [0.2, 0.25) is 0 Å². The number of hydrogen-bond acceptors (Lipinski definition) is 7. The molecule has 0 saturated heterocycles. The Kier molecular flexibility index (Phi) is 7.48. The summed E-state index contributed by atoms with van der Waals surface area (Å²) in [6.45, 7) is 7.44. The predicted octanol–water partition coefficient (Wildman–Crippen LogP) is 5.37. The first-order valence-electron chi connectivity index (χ1n) is 11.6. The van der Waals surface area contributed by atoms with E-state index in [2.05, 4.69) is 23.9 Å². The van der Waals surface area contributed by atoms with Gasteiger partial charge in [-0.3, -0.25) is 4.79 Å². The van der Waals surface area contributed by atoms with E-state index >= 15 is 0 Å². The molecule has 0 aliphatic carbocycles. The Morgan fingerprint density at radius 3 is 2.17 bits per heavy atom. The molecule has 180 valence electrons.